The standard InChI is InChI=1S/C11H14N2O/c1-8(12)11(14)9-6-10-4-2-3-5-13(10)7-9/h2-8,11,14H,12H2,1H3. The molecule has 0 radical (unpaired) electrons. The van der Waals surface area contributed by atoms with Crippen LogP contribution in [0.5, 0.6) is 0 Å². The highest BCUT2D eigenvalue weighted by molar-refractivity contribution is 5.50. The smallest absolute Gasteiger partial charge is 0.0953 e. The molecule has 2 rings (SSSR count). The van der Waals surface area contributed by atoms with Crippen molar-refractivity contribution in [1.29, 1.82) is 0 Å². The molecule has 0 aromatic carbocycles. The zero-order valence-corrected chi connectivity index (χ0v) is 8.09. The molecule has 3 nitrogen and oxygen atoms in total. The minimum absolute atomic E-state index is 0.243. The molecule has 0 saturated heterocycles. The highest BCUT2D eigenvalue weighted by Gasteiger charge is 2.13. The van der Waals surface area contributed by atoms with E-state index in [1.54, 1.807) is 6.92 Å². The van der Waals surface area contributed by atoms with Gasteiger partial charge in [0.25, 0.3) is 0 Å². The van der Waals surface area contributed by atoms with Crippen LogP contribution in [-0.2, 0) is 0 Å². The SMILES string of the molecule is CC(N)C(O)c1cc2ccccn2c1. The molecule has 0 fully saturated rings. The Hall–Kier alpha value is -1.32. The van der Waals surface area contributed by atoms with Crippen LogP contribution in [0.15, 0.2) is 36.7 Å². The molecular weight excluding hydrogens is 176 g/mol. The summed E-state index contributed by atoms with van der Waals surface area (Å²) < 4.78 is 1.97. The Bertz CT molecular complexity index is 401. The van der Waals surface area contributed by atoms with Crippen LogP contribution in [0.25, 0.3) is 5.52 Å². The molecule has 3 N–H and O–H groups in total. The van der Waals surface area contributed by atoms with Gasteiger partial charge in [-0.1, -0.05) is 6.07 Å². The summed E-state index contributed by atoms with van der Waals surface area (Å²) in [5.74, 6) is 0. The summed E-state index contributed by atoms with van der Waals surface area (Å²) in [4.78, 5) is 0. The van der Waals surface area contributed by atoms with E-state index in [2.05, 4.69) is 0 Å². The van der Waals surface area contributed by atoms with E-state index in [0.717, 1.165) is 11.1 Å². The van der Waals surface area contributed by atoms with E-state index >= 15 is 0 Å². The summed E-state index contributed by atoms with van der Waals surface area (Å²) in [6, 6.07) is 7.63. The molecule has 0 amide bonds. The monoisotopic (exact) mass is 190 g/mol. The van der Waals surface area contributed by atoms with Crippen molar-refractivity contribution >= 4 is 5.52 Å². The molecule has 0 spiro atoms. The zero-order valence-electron chi connectivity index (χ0n) is 8.09. The zero-order chi connectivity index (χ0) is 10.1. The van der Waals surface area contributed by atoms with E-state index in [1.165, 1.54) is 0 Å². The maximum atomic E-state index is 9.76. The van der Waals surface area contributed by atoms with E-state index in [-0.39, 0.29) is 6.04 Å². The molecule has 0 aliphatic heterocycles. The third-order valence-electron chi connectivity index (χ3n) is 2.37. The number of rotatable bonds is 2. The second-order valence-electron chi connectivity index (χ2n) is 3.61. The van der Waals surface area contributed by atoms with Crippen LogP contribution in [0.4, 0.5) is 0 Å². The van der Waals surface area contributed by atoms with Gasteiger partial charge in [-0.2, -0.15) is 0 Å². The molecule has 3 heteroatoms. The number of pyridine rings is 1. The first-order chi connectivity index (χ1) is 6.68. The summed E-state index contributed by atoms with van der Waals surface area (Å²) in [5.41, 5.74) is 7.57. The Balaban J connectivity index is 2.45. The van der Waals surface area contributed by atoms with Gasteiger partial charge in [0.15, 0.2) is 0 Å². The average molecular weight is 190 g/mol. The van der Waals surface area contributed by atoms with Crippen LogP contribution < -0.4 is 5.73 Å². The minimum atomic E-state index is -0.588. The summed E-state index contributed by atoms with van der Waals surface area (Å²) in [6.07, 6.45) is 3.27. The summed E-state index contributed by atoms with van der Waals surface area (Å²) in [5, 5.41) is 9.76. The Kier molecular flexibility index (Phi) is 2.27. The largest absolute Gasteiger partial charge is 0.387 e. The first-order valence-electron chi connectivity index (χ1n) is 4.69. The van der Waals surface area contributed by atoms with Crippen LogP contribution in [0.2, 0.25) is 0 Å². The van der Waals surface area contributed by atoms with Gasteiger partial charge in [0.1, 0.15) is 0 Å². The fourth-order valence-electron chi connectivity index (χ4n) is 1.54. The van der Waals surface area contributed by atoms with Gasteiger partial charge in [-0.15, -0.1) is 0 Å². The van der Waals surface area contributed by atoms with Crippen molar-refractivity contribution in [2.24, 2.45) is 5.73 Å². The molecule has 0 bridgehead atoms. The molecule has 0 saturated carbocycles. The van der Waals surface area contributed by atoms with Crippen LogP contribution in [0.1, 0.15) is 18.6 Å². The maximum absolute atomic E-state index is 9.76. The van der Waals surface area contributed by atoms with E-state index in [1.807, 2.05) is 41.1 Å². The lowest BCUT2D eigenvalue weighted by molar-refractivity contribution is 0.153. The molecule has 2 unspecified atom stereocenters. The highest BCUT2D eigenvalue weighted by atomic mass is 16.3. The lowest BCUT2D eigenvalue weighted by Gasteiger charge is -2.11. The third-order valence-corrected chi connectivity index (χ3v) is 2.37. The number of nitrogens with two attached hydrogens (primary N) is 1. The quantitative estimate of drug-likeness (QED) is 0.750. The number of hydrogen-bond donors (Lipinski definition) is 2. The molecule has 2 heterocycles. The Labute approximate surface area is 82.8 Å². The predicted octanol–water partition coefficient (Wildman–Crippen LogP) is 1.32. The Morgan fingerprint density at radius 2 is 2.21 bits per heavy atom. The van der Waals surface area contributed by atoms with E-state index in [0.29, 0.717) is 0 Å². The van der Waals surface area contributed by atoms with Crippen molar-refractivity contribution in [2.75, 3.05) is 0 Å². The second-order valence-corrected chi connectivity index (χ2v) is 3.61. The van der Waals surface area contributed by atoms with E-state index in [4.69, 9.17) is 5.73 Å². The topological polar surface area (TPSA) is 50.7 Å². The summed E-state index contributed by atoms with van der Waals surface area (Å²) in [6.45, 7) is 1.80. The number of nitrogens with zero attached hydrogens (tertiary/aromatic N) is 1. The molecule has 0 aliphatic carbocycles. The predicted molar refractivity (Wildman–Crippen MR) is 56.0 cm³/mol. The Morgan fingerprint density at radius 1 is 1.43 bits per heavy atom. The van der Waals surface area contributed by atoms with E-state index in [9.17, 15) is 5.11 Å². The van der Waals surface area contributed by atoms with Gasteiger partial charge in [-0.3, -0.25) is 0 Å². The molecule has 0 aliphatic rings. The third kappa shape index (κ3) is 1.52. The number of aliphatic hydroxyl groups is 1. The molecule has 2 aromatic heterocycles. The van der Waals surface area contributed by atoms with Crippen LogP contribution in [-0.4, -0.2) is 15.5 Å². The van der Waals surface area contributed by atoms with Gasteiger partial charge in [-0.25, -0.2) is 0 Å². The fraction of sp³-hybridized carbons (Fsp3) is 0.273. The van der Waals surface area contributed by atoms with Gasteiger partial charge in [0.05, 0.1) is 6.10 Å². The molecule has 14 heavy (non-hydrogen) atoms. The normalized spacial score (nSPS) is 15.6. The van der Waals surface area contributed by atoms with Crippen LogP contribution in [0.3, 0.4) is 0 Å². The molecule has 2 atom stereocenters. The van der Waals surface area contributed by atoms with Gasteiger partial charge >= 0.3 is 0 Å². The van der Waals surface area contributed by atoms with Crippen LogP contribution >= 0.6 is 0 Å². The number of aliphatic hydroxyl groups excluding tert-OH is 1. The summed E-state index contributed by atoms with van der Waals surface area (Å²) >= 11 is 0. The van der Waals surface area contributed by atoms with E-state index < -0.39 is 6.10 Å². The van der Waals surface area contributed by atoms with Crippen molar-refractivity contribution in [1.82, 2.24) is 4.40 Å². The second kappa shape index (κ2) is 3.44. The van der Waals surface area contributed by atoms with Gasteiger partial charge in [0, 0.05) is 29.5 Å². The summed E-state index contributed by atoms with van der Waals surface area (Å²) in [7, 11) is 0. The molecule has 2 aromatic rings. The highest BCUT2D eigenvalue weighted by Crippen LogP contribution is 2.18. The fourth-order valence-corrected chi connectivity index (χ4v) is 1.54. The van der Waals surface area contributed by atoms with Gasteiger partial charge in [0.2, 0.25) is 0 Å². The lowest BCUT2D eigenvalue weighted by Crippen LogP contribution is -2.23. The number of fused-ring (bicyclic) bond motifs is 1. The lowest BCUT2D eigenvalue weighted by atomic mass is 10.1. The molecule has 74 valence electrons. The van der Waals surface area contributed by atoms with Crippen LogP contribution in [0, 0.1) is 0 Å². The Morgan fingerprint density at radius 3 is 2.86 bits per heavy atom. The van der Waals surface area contributed by atoms with Gasteiger partial charge < -0.3 is 15.2 Å². The first kappa shape index (κ1) is 9.24. The maximum Gasteiger partial charge on any atom is 0.0953 e. The van der Waals surface area contributed by atoms with Crippen molar-refractivity contribution in [3.8, 4) is 0 Å². The molecular formula is C11H14N2O. The average Bonchev–Trinajstić information content (AvgIpc) is 2.59. The van der Waals surface area contributed by atoms with Crippen molar-refractivity contribution in [3.63, 3.8) is 0 Å². The first-order valence-corrected chi connectivity index (χ1v) is 4.69. The van der Waals surface area contributed by atoms with Crippen molar-refractivity contribution < 1.29 is 5.11 Å². The minimum Gasteiger partial charge on any atom is -0.387 e. The van der Waals surface area contributed by atoms with Gasteiger partial charge in [-0.05, 0) is 25.1 Å². The van der Waals surface area contributed by atoms with Crippen molar-refractivity contribution in [3.05, 3.63) is 42.2 Å². The number of aromatic nitrogens is 1. The van der Waals surface area contributed by atoms with Crippen molar-refractivity contribution in [2.45, 2.75) is 19.1 Å². The number of hydrogen-bond acceptors (Lipinski definition) is 2.